The Kier molecular flexibility index (Phi) is 3.97. The largest absolute Gasteiger partial charge is 0.351 e. The van der Waals surface area contributed by atoms with Gasteiger partial charge >= 0.3 is 0 Å². The van der Waals surface area contributed by atoms with Crippen molar-refractivity contribution >= 4 is 5.91 Å². The summed E-state index contributed by atoms with van der Waals surface area (Å²) in [5, 5.41) is 6.02. The topological polar surface area (TPSA) is 41.1 Å². The predicted molar refractivity (Wildman–Crippen MR) is 79.0 cm³/mol. The van der Waals surface area contributed by atoms with E-state index < -0.39 is 0 Å². The van der Waals surface area contributed by atoms with Gasteiger partial charge in [0, 0.05) is 18.7 Å². The van der Waals surface area contributed by atoms with Gasteiger partial charge in [-0.2, -0.15) is 0 Å². The lowest BCUT2D eigenvalue weighted by Gasteiger charge is -2.25. The van der Waals surface area contributed by atoms with E-state index in [0.717, 1.165) is 0 Å². The molecule has 0 radical (unpaired) electrons. The highest BCUT2D eigenvalue weighted by atomic mass is 19.1. The Bertz CT molecular complexity index is 657. The molecule has 1 amide bonds. The van der Waals surface area contributed by atoms with Gasteiger partial charge in [0.2, 0.25) is 5.91 Å². The summed E-state index contributed by atoms with van der Waals surface area (Å²) in [7, 11) is 0. The molecule has 3 rings (SSSR count). The molecule has 0 aromatic heterocycles. The first kappa shape index (κ1) is 13.8. The highest BCUT2D eigenvalue weighted by Gasteiger charge is 2.23. The van der Waals surface area contributed by atoms with E-state index in [9.17, 15) is 9.18 Å². The Morgan fingerprint density at radius 2 is 1.86 bits per heavy atom. The van der Waals surface area contributed by atoms with Crippen LogP contribution in [0.15, 0.2) is 48.5 Å². The molecule has 0 spiro atoms. The normalized spacial score (nSPS) is 17.1. The maximum atomic E-state index is 13.5. The number of fused-ring (bicyclic) bond motifs is 1. The van der Waals surface area contributed by atoms with Crippen molar-refractivity contribution < 1.29 is 9.18 Å². The van der Waals surface area contributed by atoms with Crippen LogP contribution >= 0.6 is 0 Å². The molecule has 0 saturated heterocycles. The van der Waals surface area contributed by atoms with Crippen molar-refractivity contribution in [1.29, 1.82) is 0 Å². The van der Waals surface area contributed by atoms with Gasteiger partial charge in [0.25, 0.3) is 0 Å². The van der Waals surface area contributed by atoms with Crippen LogP contribution in [-0.2, 0) is 24.3 Å². The summed E-state index contributed by atoms with van der Waals surface area (Å²) in [5.41, 5.74) is 2.93. The zero-order valence-corrected chi connectivity index (χ0v) is 11.6. The molecule has 1 aliphatic heterocycles. The average molecular weight is 284 g/mol. The van der Waals surface area contributed by atoms with E-state index in [1.807, 2.05) is 18.2 Å². The maximum absolute atomic E-state index is 13.5. The van der Waals surface area contributed by atoms with Crippen LogP contribution in [-0.4, -0.2) is 11.9 Å². The Morgan fingerprint density at radius 3 is 2.67 bits per heavy atom. The highest BCUT2D eigenvalue weighted by Crippen LogP contribution is 2.16. The van der Waals surface area contributed by atoms with Crippen molar-refractivity contribution in [3.05, 3.63) is 71.0 Å². The molecular weight excluding hydrogens is 267 g/mol. The van der Waals surface area contributed by atoms with Crippen molar-refractivity contribution in [3.63, 3.8) is 0 Å². The van der Waals surface area contributed by atoms with Crippen molar-refractivity contribution in [2.75, 3.05) is 0 Å². The third-order valence-corrected chi connectivity index (χ3v) is 3.81. The first-order chi connectivity index (χ1) is 10.2. The van der Waals surface area contributed by atoms with Crippen molar-refractivity contribution in [3.8, 4) is 0 Å². The summed E-state index contributed by atoms with van der Waals surface area (Å²) in [4.78, 5) is 12.2. The molecule has 3 nitrogen and oxygen atoms in total. The van der Waals surface area contributed by atoms with Gasteiger partial charge in [0.1, 0.15) is 5.82 Å². The number of halogens is 1. The number of carbonyl (C=O) groups is 1. The molecule has 1 atom stereocenters. The summed E-state index contributed by atoms with van der Waals surface area (Å²) in [5.74, 6) is -0.382. The molecule has 2 aromatic rings. The van der Waals surface area contributed by atoms with Crippen LogP contribution in [0.2, 0.25) is 0 Å². The van der Waals surface area contributed by atoms with Crippen LogP contribution in [0.3, 0.4) is 0 Å². The number of benzene rings is 2. The van der Waals surface area contributed by atoms with E-state index in [2.05, 4.69) is 16.7 Å². The van der Waals surface area contributed by atoms with Crippen molar-refractivity contribution in [2.45, 2.75) is 25.6 Å². The van der Waals surface area contributed by atoms with Crippen LogP contribution in [0, 0.1) is 5.82 Å². The van der Waals surface area contributed by atoms with E-state index in [-0.39, 0.29) is 24.3 Å². The third-order valence-electron chi connectivity index (χ3n) is 3.81. The summed E-state index contributed by atoms with van der Waals surface area (Å²) < 4.78 is 13.5. The SMILES string of the molecule is O=C(NCc1ccccc1F)[C@@H]1Cc2ccccc2CN1. The van der Waals surface area contributed by atoms with Crippen LogP contribution in [0.4, 0.5) is 4.39 Å². The summed E-state index contributed by atoms with van der Waals surface area (Å²) in [6.07, 6.45) is 0.666. The average Bonchev–Trinajstić information content (AvgIpc) is 2.53. The molecule has 0 saturated carbocycles. The molecule has 108 valence electrons. The maximum Gasteiger partial charge on any atom is 0.237 e. The van der Waals surface area contributed by atoms with Crippen molar-refractivity contribution in [1.82, 2.24) is 10.6 Å². The molecule has 2 aromatic carbocycles. The van der Waals surface area contributed by atoms with Crippen LogP contribution in [0.5, 0.6) is 0 Å². The van der Waals surface area contributed by atoms with Gasteiger partial charge in [0.05, 0.1) is 6.04 Å². The summed E-state index contributed by atoms with van der Waals surface area (Å²) in [6.45, 7) is 0.902. The van der Waals surface area contributed by atoms with Gasteiger partial charge in [0.15, 0.2) is 0 Å². The number of hydrogen-bond donors (Lipinski definition) is 2. The lowest BCUT2D eigenvalue weighted by Crippen LogP contribution is -2.47. The van der Waals surface area contributed by atoms with E-state index in [4.69, 9.17) is 0 Å². The van der Waals surface area contributed by atoms with Crippen LogP contribution in [0.1, 0.15) is 16.7 Å². The minimum atomic E-state index is -0.292. The van der Waals surface area contributed by atoms with Gasteiger partial charge < -0.3 is 10.6 Å². The fourth-order valence-electron chi connectivity index (χ4n) is 2.59. The standard InChI is InChI=1S/C17H17FN2O/c18-15-8-4-3-7-14(15)11-20-17(21)16-9-12-5-1-2-6-13(12)10-19-16/h1-8,16,19H,9-11H2,(H,20,21)/t16-/m0/s1. The van der Waals surface area contributed by atoms with E-state index in [1.54, 1.807) is 18.2 Å². The smallest absolute Gasteiger partial charge is 0.237 e. The molecular formula is C17H17FN2O. The van der Waals surface area contributed by atoms with Crippen molar-refractivity contribution in [2.24, 2.45) is 0 Å². The molecule has 4 heteroatoms. The number of hydrogen-bond acceptors (Lipinski definition) is 2. The molecule has 0 bridgehead atoms. The summed E-state index contributed by atoms with van der Waals surface area (Å²) >= 11 is 0. The molecule has 2 N–H and O–H groups in total. The first-order valence-electron chi connectivity index (χ1n) is 7.05. The summed E-state index contributed by atoms with van der Waals surface area (Å²) in [6, 6.07) is 14.3. The zero-order valence-electron chi connectivity index (χ0n) is 11.6. The Morgan fingerprint density at radius 1 is 1.14 bits per heavy atom. The van der Waals surface area contributed by atoms with E-state index in [0.29, 0.717) is 18.5 Å². The number of rotatable bonds is 3. The zero-order chi connectivity index (χ0) is 14.7. The third kappa shape index (κ3) is 3.11. The Balaban J connectivity index is 1.61. The lowest BCUT2D eigenvalue weighted by molar-refractivity contribution is -0.123. The second-order valence-electron chi connectivity index (χ2n) is 5.22. The van der Waals surface area contributed by atoms with E-state index >= 15 is 0 Å². The van der Waals surface area contributed by atoms with Gasteiger partial charge in [-0.05, 0) is 23.6 Å². The highest BCUT2D eigenvalue weighted by molar-refractivity contribution is 5.82. The fourth-order valence-corrected chi connectivity index (χ4v) is 2.59. The molecule has 0 aliphatic carbocycles. The Hall–Kier alpha value is -2.20. The molecule has 1 aliphatic rings. The van der Waals surface area contributed by atoms with Gasteiger partial charge in [-0.15, -0.1) is 0 Å². The van der Waals surface area contributed by atoms with Gasteiger partial charge in [-0.25, -0.2) is 4.39 Å². The number of amides is 1. The number of nitrogens with one attached hydrogen (secondary N) is 2. The first-order valence-corrected chi connectivity index (χ1v) is 7.05. The monoisotopic (exact) mass is 284 g/mol. The molecule has 0 fully saturated rings. The second-order valence-corrected chi connectivity index (χ2v) is 5.22. The van der Waals surface area contributed by atoms with Gasteiger partial charge in [-0.1, -0.05) is 42.5 Å². The lowest BCUT2D eigenvalue weighted by atomic mass is 9.95. The van der Waals surface area contributed by atoms with Crippen LogP contribution in [0.25, 0.3) is 0 Å². The fraction of sp³-hybridized carbons (Fsp3) is 0.235. The van der Waals surface area contributed by atoms with Crippen LogP contribution < -0.4 is 10.6 Å². The quantitative estimate of drug-likeness (QED) is 0.907. The second kappa shape index (κ2) is 6.06. The predicted octanol–water partition coefficient (Wildman–Crippen LogP) is 2.16. The molecule has 1 heterocycles. The minimum absolute atomic E-state index is 0.0900. The molecule has 21 heavy (non-hydrogen) atoms. The Labute approximate surface area is 123 Å². The molecule has 0 unspecified atom stereocenters. The minimum Gasteiger partial charge on any atom is -0.351 e. The van der Waals surface area contributed by atoms with E-state index in [1.165, 1.54) is 17.2 Å². The van der Waals surface area contributed by atoms with Gasteiger partial charge in [-0.3, -0.25) is 4.79 Å². The number of carbonyl (C=O) groups excluding carboxylic acids is 1.